The smallest absolute Gasteiger partial charge is 0.217 e. The predicted molar refractivity (Wildman–Crippen MR) is 70.9 cm³/mol. The number of hydrogen-bond acceptors (Lipinski definition) is 2. The normalized spacial score (nSPS) is 12.5. The van der Waals surface area contributed by atoms with E-state index < -0.39 is 0 Å². The first kappa shape index (κ1) is 13.7. The Morgan fingerprint density at radius 1 is 1.29 bits per heavy atom. The highest BCUT2D eigenvalue weighted by atomic mass is 16.1. The monoisotopic (exact) mass is 234 g/mol. The highest BCUT2D eigenvalue weighted by Gasteiger charge is 2.12. The van der Waals surface area contributed by atoms with Gasteiger partial charge in [0, 0.05) is 6.92 Å². The van der Waals surface area contributed by atoms with Crippen molar-refractivity contribution in [3.05, 3.63) is 35.4 Å². The summed E-state index contributed by atoms with van der Waals surface area (Å²) in [7, 11) is 4.08. The van der Waals surface area contributed by atoms with Crippen LogP contribution in [0.25, 0.3) is 0 Å². The maximum Gasteiger partial charge on any atom is 0.217 e. The predicted octanol–water partition coefficient (Wildman–Crippen LogP) is 2.12. The van der Waals surface area contributed by atoms with Crippen LogP contribution in [0.2, 0.25) is 0 Å². The Kier molecular flexibility index (Phi) is 5.16. The summed E-state index contributed by atoms with van der Waals surface area (Å²) in [6.45, 7) is 4.59. The Morgan fingerprint density at radius 3 is 2.35 bits per heavy atom. The molecule has 1 N–H and O–H groups in total. The summed E-state index contributed by atoms with van der Waals surface area (Å²) in [5, 5.41) is 3.01. The molecule has 94 valence electrons. The van der Waals surface area contributed by atoms with Gasteiger partial charge in [-0.05, 0) is 39.5 Å². The fourth-order valence-electron chi connectivity index (χ4n) is 1.75. The third-order valence-corrected chi connectivity index (χ3v) is 2.72. The SMILES string of the molecule is CC(=O)NC(CCN(C)C)c1ccc(C)cc1. The minimum Gasteiger partial charge on any atom is -0.349 e. The average molecular weight is 234 g/mol. The topological polar surface area (TPSA) is 32.3 Å². The summed E-state index contributed by atoms with van der Waals surface area (Å²) >= 11 is 0. The van der Waals surface area contributed by atoms with E-state index in [2.05, 4.69) is 41.4 Å². The molecular formula is C14H22N2O. The van der Waals surface area contributed by atoms with Crippen LogP contribution >= 0.6 is 0 Å². The molecule has 1 aromatic carbocycles. The molecule has 0 saturated carbocycles. The summed E-state index contributed by atoms with van der Waals surface area (Å²) in [5.74, 6) is 0.0225. The first-order valence-electron chi connectivity index (χ1n) is 5.97. The summed E-state index contributed by atoms with van der Waals surface area (Å²) in [6.07, 6.45) is 0.926. The first-order chi connectivity index (χ1) is 7.99. The van der Waals surface area contributed by atoms with Crippen LogP contribution in [0, 0.1) is 6.92 Å². The van der Waals surface area contributed by atoms with Gasteiger partial charge in [-0.3, -0.25) is 4.79 Å². The van der Waals surface area contributed by atoms with Gasteiger partial charge in [0.1, 0.15) is 0 Å². The van der Waals surface area contributed by atoms with Crippen LogP contribution in [0.3, 0.4) is 0 Å². The second kappa shape index (κ2) is 6.40. The Morgan fingerprint density at radius 2 is 1.88 bits per heavy atom. The number of amides is 1. The highest BCUT2D eigenvalue weighted by molar-refractivity contribution is 5.73. The molecular weight excluding hydrogens is 212 g/mol. The van der Waals surface area contributed by atoms with Crippen LogP contribution in [0.4, 0.5) is 0 Å². The van der Waals surface area contributed by atoms with Crippen molar-refractivity contribution in [2.75, 3.05) is 20.6 Å². The van der Waals surface area contributed by atoms with Crippen LogP contribution in [-0.4, -0.2) is 31.4 Å². The number of carbonyl (C=O) groups is 1. The van der Waals surface area contributed by atoms with Crippen LogP contribution < -0.4 is 5.32 Å². The number of rotatable bonds is 5. The average Bonchev–Trinajstić information content (AvgIpc) is 2.25. The summed E-state index contributed by atoms with van der Waals surface area (Å²) < 4.78 is 0. The Labute approximate surface area is 104 Å². The fraction of sp³-hybridized carbons (Fsp3) is 0.500. The number of hydrogen-bond donors (Lipinski definition) is 1. The third kappa shape index (κ3) is 5.00. The van der Waals surface area contributed by atoms with E-state index in [1.165, 1.54) is 11.1 Å². The lowest BCUT2D eigenvalue weighted by molar-refractivity contribution is -0.119. The van der Waals surface area contributed by atoms with Crippen LogP contribution in [0.5, 0.6) is 0 Å². The van der Waals surface area contributed by atoms with E-state index in [0.29, 0.717) is 0 Å². The van der Waals surface area contributed by atoms with E-state index in [1.807, 2.05) is 14.1 Å². The van der Waals surface area contributed by atoms with Gasteiger partial charge in [0.05, 0.1) is 6.04 Å². The van der Waals surface area contributed by atoms with Crippen molar-refractivity contribution < 1.29 is 4.79 Å². The minimum atomic E-state index is 0.0225. The molecule has 0 aliphatic rings. The fourth-order valence-corrected chi connectivity index (χ4v) is 1.75. The summed E-state index contributed by atoms with van der Waals surface area (Å²) in [4.78, 5) is 13.3. The van der Waals surface area contributed by atoms with Crippen molar-refractivity contribution in [2.45, 2.75) is 26.3 Å². The maximum atomic E-state index is 11.2. The highest BCUT2D eigenvalue weighted by Crippen LogP contribution is 2.17. The number of carbonyl (C=O) groups excluding carboxylic acids is 1. The molecule has 3 heteroatoms. The molecule has 0 aromatic heterocycles. The number of benzene rings is 1. The van der Waals surface area contributed by atoms with Crippen molar-refractivity contribution in [2.24, 2.45) is 0 Å². The van der Waals surface area contributed by atoms with E-state index in [4.69, 9.17) is 0 Å². The van der Waals surface area contributed by atoms with E-state index in [9.17, 15) is 4.79 Å². The van der Waals surface area contributed by atoms with E-state index in [1.54, 1.807) is 6.92 Å². The lowest BCUT2D eigenvalue weighted by Crippen LogP contribution is -2.29. The Bertz CT molecular complexity index is 357. The zero-order chi connectivity index (χ0) is 12.8. The van der Waals surface area contributed by atoms with Gasteiger partial charge in [-0.25, -0.2) is 0 Å². The second-order valence-electron chi connectivity index (χ2n) is 4.76. The van der Waals surface area contributed by atoms with E-state index in [0.717, 1.165) is 13.0 Å². The molecule has 0 heterocycles. The van der Waals surface area contributed by atoms with Crippen molar-refractivity contribution in [1.82, 2.24) is 10.2 Å². The zero-order valence-corrected chi connectivity index (χ0v) is 11.2. The molecule has 0 bridgehead atoms. The van der Waals surface area contributed by atoms with Gasteiger partial charge in [-0.15, -0.1) is 0 Å². The molecule has 0 radical (unpaired) electrons. The van der Waals surface area contributed by atoms with Crippen molar-refractivity contribution in [1.29, 1.82) is 0 Å². The van der Waals surface area contributed by atoms with Gasteiger partial charge < -0.3 is 10.2 Å². The van der Waals surface area contributed by atoms with Gasteiger partial charge in [-0.1, -0.05) is 29.8 Å². The molecule has 0 aliphatic carbocycles. The standard InChI is InChI=1S/C14H22N2O/c1-11-5-7-13(8-6-11)14(15-12(2)17)9-10-16(3)4/h5-8,14H,9-10H2,1-4H3,(H,15,17). The lowest BCUT2D eigenvalue weighted by Gasteiger charge is -2.20. The molecule has 0 aliphatic heterocycles. The van der Waals surface area contributed by atoms with Crippen LogP contribution in [-0.2, 0) is 4.79 Å². The number of nitrogens with one attached hydrogen (secondary N) is 1. The molecule has 0 fully saturated rings. The van der Waals surface area contributed by atoms with Gasteiger partial charge >= 0.3 is 0 Å². The Balaban J connectivity index is 2.74. The molecule has 1 rings (SSSR count). The molecule has 0 spiro atoms. The Hall–Kier alpha value is -1.35. The van der Waals surface area contributed by atoms with E-state index >= 15 is 0 Å². The molecule has 3 nitrogen and oxygen atoms in total. The van der Waals surface area contributed by atoms with Crippen molar-refractivity contribution in [3.63, 3.8) is 0 Å². The quantitative estimate of drug-likeness (QED) is 0.846. The zero-order valence-electron chi connectivity index (χ0n) is 11.2. The van der Waals surface area contributed by atoms with Crippen molar-refractivity contribution >= 4 is 5.91 Å². The lowest BCUT2D eigenvalue weighted by atomic mass is 10.0. The van der Waals surface area contributed by atoms with E-state index in [-0.39, 0.29) is 11.9 Å². The van der Waals surface area contributed by atoms with Crippen LogP contribution in [0.15, 0.2) is 24.3 Å². The maximum absolute atomic E-state index is 11.2. The molecule has 1 atom stereocenters. The van der Waals surface area contributed by atoms with Gasteiger partial charge in [-0.2, -0.15) is 0 Å². The molecule has 0 saturated heterocycles. The number of nitrogens with zero attached hydrogens (tertiary/aromatic N) is 1. The van der Waals surface area contributed by atoms with Gasteiger partial charge in [0.15, 0.2) is 0 Å². The largest absolute Gasteiger partial charge is 0.349 e. The molecule has 1 aromatic rings. The first-order valence-corrected chi connectivity index (χ1v) is 5.97. The summed E-state index contributed by atoms with van der Waals surface area (Å²) in [5.41, 5.74) is 2.41. The number of aryl methyl sites for hydroxylation is 1. The molecule has 1 amide bonds. The minimum absolute atomic E-state index is 0.0225. The van der Waals surface area contributed by atoms with Gasteiger partial charge in [0.25, 0.3) is 0 Å². The second-order valence-corrected chi connectivity index (χ2v) is 4.76. The summed E-state index contributed by atoms with van der Waals surface area (Å²) in [6, 6.07) is 8.45. The van der Waals surface area contributed by atoms with Crippen LogP contribution in [0.1, 0.15) is 30.5 Å². The molecule has 17 heavy (non-hydrogen) atoms. The third-order valence-electron chi connectivity index (χ3n) is 2.72. The van der Waals surface area contributed by atoms with Crippen molar-refractivity contribution in [3.8, 4) is 0 Å². The molecule has 1 unspecified atom stereocenters. The van der Waals surface area contributed by atoms with Gasteiger partial charge in [0.2, 0.25) is 5.91 Å².